The van der Waals surface area contributed by atoms with Crippen molar-refractivity contribution in [3.05, 3.63) is 88.6 Å². The molecule has 37 heavy (non-hydrogen) atoms. The van der Waals surface area contributed by atoms with Gasteiger partial charge in [0.1, 0.15) is 11.5 Å². The minimum Gasteiger partial charge on any atom is -0.507 e. The lowest BCUT2D eigenvalue weighted by atomic mass is 9.94. The van der Waals surface area contributed by atoms with Crippen LogP contribution in [0, 0.1) is 0 Å². The number of halogens is 3. The molecule has 0 aliphatic carbocycles. The highest BCUT2D eigenvalue weighted by atomic mass is 19.4. The zero-order valence-electron chi connectivity index (χ0n) is 19.9. The van der Waals surface area contributed by atoms with Crippen LogP contribution in [-0.2, 0) is 16.1 Å². The summed E-state index contributed by atoms with van der Waals surface area (Å²) in [5.41, 5.74) is 7.32. The first kappa shape index (κ1) is 25.8. The summed E-state index contributed by atoms with van der Waals surface area (Å²) in [6.07, 6.45) is -4.89. The number of aromatic nitrogens is 2. The van der Waals surface area contributed by atoms with E-state index in [1.807, 2.05) is 13.8 Å². The van der Waals surface area contributed by atoms with E-state index < -0.39 is 35.6 Å². The van der Waals surface area contributed by atoms with Crippen LogP contribution in [0.4, 0.5) is 19.0 Å². The van der Waals surface area contributed by atoms with E-state index in [1.54, 1.807) is 24.3 Å². The Morgan fingerprint density at radius 1 is 1.03 bits per heavy atom. The van der Waals surface area contributed by atoms with E-state index in [1.165, 1.54) is 24.3 Å². The molecule has 1 saturated heterocycles. The van der Waals surface area contributed by atoms with Crippen LogP contribution < -0.4 is 15.4 Å². The van der Waals surface area contributed by atoms with Crippen molar-refractivity contribution >= 4 is 23.3 Å². The third-order valence-electron chi connectivity index (χ3n) is 5.89. The third-order valence-corrected chi connectivity index (χ3v) is 5.89. The van der Waals surface area contributed by atoms with Crippen LogP contribution in [0.2, 0.25) is 0 Å². The molecule has 1 atom stereocenters. The fraction of sp³-hybridized carbons (Fsp3) is 0.231. The van der Waals surface area contributed by atoms with Gasteiger partial charge in [0, 0.05) is 12.1 Å². The molecule has 0 radical (unpaired) electrons. The van der Waals surface area contributed by atoms with Crippen molar-refractivity contribution in [3.8, 4) is 5.75 Å². The number of rotatable bonds is 6. The van der Waals surface area contributed by atoms with Gasteiger partial charge in [-0.1, -0.05) is 50.2 Å². The number of aliphatic hydroxyl groups is 1. The van der Waals surface area contributed by atoms with Gasteiger partial charge in [-0.25, -0.2) is 0 Å². The highest BCUT2D eigenvalue weighted by Gasteiger charge is 2.47. The summed E-state index contributed by atoms with van der Waals surface area (Å²) in [6, 6.07) is 13.3. The largest absolute Gasteiger partial charge is 0.573 e. The number of nitrogens with two attached hydrogens (primary N) is 1. The topological polar surface area (TPSA) is 119 Å². The molecule has 1 amide bonds. The lowest BCUT2D eigenvalue weighted by Gasteiger charge is -2.24. The van der Waals surface area contributed by atoms with E-state index in [0.29, 0.717) is 11.3 Å². The second kappa shape index (κ2) is 10.0. The van der Waals surface area contributed by atoms with Crippen LogP contribution in [0.5, 0.6) is 5.75 Å². The molecule has 3 N–H and O–H groups in total. The predicted octanol–water partition coefficient (Wildman–Crippen LogP) is 4.58. The van der Waals surface area contributed by atoms with E-state index in [9.17, 15) is 27.9 Å². The Bertz CT molecular complexity index is 1340. The molecule has 1 aliphatic heterocycles. The normalized spacial score (nSPS) is 17.5. The van der Waals surface area contributed by atoms with Gasteiger partial charge in [0.05, 0.1) is 17.3 Å². The van der Waals surface area contributed by atoms with Crippen LogP contribution in [0.1, 0.15) is 48.2 Å². The Hall–Kier alpha value is -4.25. The SMILES string of the molecule is CC(C)c1ccc(C(O)=C2C(=O)C(=O)N(c3ccc(CN)nn3)[C@@H]2c2ccc(OC(F)(F)F)cc2)cc1. The van der Waals surface area contributed by atoms with E-state index >= 15 is 0 Å². The minimum atomic E-state index is -4.89. The van der Waals surface area contributed by atoms with Crippen molar-refractivity contribution in [1.29, 1.82) is 0 Å². The predicted molar refractivity (Wildman–Crippen MR) is 128 cm³/mol. The van der Waals surface area contributed by atoms with E-state index in [4.69, 9.17) is 5.73 Å². The smallest absolute Gasteiger partial charge is 0.507 e. The number of carbonyl (C=O) groups is 2. The number of hydrogen-bond donors (Lipinski definition) is 2. The number of amides is 1. The Labute approximate surface area is 210 Å². The molecule has 0 saturated carbocycles. The minimum absolute atomic E-state index is 0.00845. The maximum absolute atomic E-state index is 13.2. The molecule has 1 aromatic heterocycles. The Morgan fingerprint density at radius 3 is 2.19 bits per heavy atom. The first-order valence-corrected chi connectivity index (χ1v) is 11.3. The van der Waals surface area contributed by atoms with Crippen molar-refractivity contribution in [2.24, 2.45) is 5.73 Å². The molecule has 0 bridgehead atoms. The molecular weight excluding hydrogens is 489 g/mol. The number of anilines is 1. The molecule has 8 nitrogen and oxygen atoms in total. The van der Waals surface area contributed by atoms with Crippen molar-refractivity contribution in [3.63, 3.8) is 0 Å². The van der Waals surface area contributed by atoms with E-state index in [0.717, 1.165) is 22.6 Å². The molecule has 0 spiro atoms. The second-order valence-corrected chi connectivity index (χ2v) is 8.65. The fourth-order valence-electron chi connectivity index (χ4n) is 4.01. The van der Waals surface area contributed by atoms with Crippen LogP contribution in [-0.4, -0.2) is 33.4 Å². The third kappa shape index (κ3) is 5.31. The average Bonchev–Trinajstić information content (AvgIpc) is 3.13. The molecule has 3 aromatic rings. The lowest BCUT2D eigenvalue weighted by molar-refractivity contribution is -0.274. The van der Waals surface area contributed by atoms with Gasteiger partial charge in [0.25, 0.3) is 5.78 Å². The maximum Gasteiger partial charge on any atom is 0.573 e. The highest BCUT2D eigenvalue weighted by molar-refractivity contribution is 6.51. The summed E-state index contributed by atoms with van der Waals surface area (Å²) in [5, 5.41) is 19.1. The summed E-state index contributed by atoms with van der Waals surface area (Å²) >= 11 is 0. The van der Waals surface area contributed by atoms with Gasteiger partial charge < -0.3 is 15.6 Å². The number of nitrogens with zero attached hydrogens (tertiary/aromatic N) is 3. The standard InChI is InChI=1S/C26H23F3N4O4/c1-14(2)15-3-5-17(6-4-15)23(34)21-22(16-7-10-19(11-8-16)37-26(27,28)29)33(25(36)24(21)35)20-12-9-18(13-30)31-32-20/h3-12,14,22,34H,13,30H2,1-2H3/t22-/m1/s1. The summed E-state index contributed by atoms with van der Waals surface area (Å²) in [6.45, 7) is 4.11. The summed E-state index contributed by atoms with van der Waals surface area (Å²) in [5.74, 6) is -2.62. The van der Waals surface area contributed by atoms with Gasteiger partial charge in [0.15, 0.2) is 5.82 Å². The number of Topliss-reactive ketones (excluding diaryl/α,β-unsaturated/α-hetero) is 1. The van der Waals surface area contributed by atoms with Gasteiger partial charge in [-0.2, -0.15) is 5.10 Å². The van der Waals surface area contributed by atoms with Gasteiger partial charge in [-0.05, 0) is 41.3 Å². The van der Waals surface area contributed by atoms with Crippen LogP contribution in [0.3, 0.4) is 0 Å². The maximum atomic E-state index is 13.2. The number of benzene rings is 2. The quantitative estimate of drug-likeness (QED) is 0.282. The number of ether oxygens (including phenoxy) is 1. The zero-order chi connectivity index (χ0) is 26.9. The number of hydrogen-bond acceptors (Lipinski definition) is 7. The summed E-state index contributed by atoms with van der Waals surface area (Å²) in [7, 11) is 0. The first-order valence-electron chi connectivity index (χ1n) is 11.3. The molecule has 1 aliphatic rings. The lowest BCUT2D eigenvalue weighted by Crippen LogP contribution is -2.30. The van der Waals surface area contributed by atoms with Crippen LogP contribution in [0.25, 0.3) is 5.76 Å². The first-order chi connectivity index (χ1) is 17.5. The molecule has 0 unspecified atom stereocenters. The van der Waals surface area contributed by atoms with Crippen molar-refractivity contribution in [1.82, 2.24) is 10.2 Å². The Kier molecular flexibility index (Phi) is 6.99. The molecule has 1 fully saturated rings. The molecule has 2 aromatic carbocycles. The number of carbonyl (C=O) groups excluding carboxylic acids is 2. The molecular formula is C26H23F3N4O4. The Balaban J connectivity index is 1.85. The van der Waals surface area contributed by atoms with E-state index in [2.05, 4.69) is 14.9 Å². The van der Waals surface area contributed by atoms with Gasteiger partial charge in [0.2, 0.25) is 0 Å². The molecule has 192 valence electrons. The van der Waals surface area contributed by atoms with Crippen molar-refractivity contribution < 1.29 is 32.6 Å². The monoisotopic (exact) mass is 512 g/mol. The Morgan fingerprint density at radius 2 is 1.68 bits per heavy atom. The highest BCUT2D eigenvalue weighted by Crippen LogP contribution is 2.42. The number of ketones is 1. The fourth-order valence-corrected chi connectivity index (χ4v) is 4.01. The van der Waals surface area contributed by atoms with Crippen LogP contribution >= 0.6 is 0 Å². The summed E-state index contributed by atoms with van der Waals surface area (Å²) < 4.78 is 41.8. The average molecular weight is 512 g/mol. The second-order valence-electron chi connectivity index (χ2n) is 8.65. The molecule has 2 heterocycles. The van der Waals surface area contributed by atoms with Gasteiger partial charge in [-0.3, -0.25) is 14.5 Å². The number of alkyl halides is 3. The number of aliphatic hydroxyl groups excluding tert-OH is 1. The van der Waals surface area contributed by atoms with Crippen LogP contribution in [0.15, 0.2) is 66.2 Å². The van der Waals surface area contributed by atoms with Gasteiger partial charge >= 0.3 is 12.3 Å². The molecule has 4 rings (SSSR count). The van der Waals surface area contributed by atoms with Gasteiger partial charge in [-0.15, -0.1) is 18.3 Å². The van der Waals surface area contributed by atoms with Crippen molar-refractivity contribution in [2.45, 2.75) is 38.7 Å². The summed E-state index contributed by atoms with van der Waals surface area (Å²) in [4.78, 5) is 27.4. The zero-order valence-corrected chi connectivity index (χ0v) is 19.9. The molecule has 11 heteroatoms. The van der Waals surface area contributed by atoms with E-state index in [-0.39, 0.29) is 29.4 Å². The van der Waals surface area contributed by atoms with Crippen molar-refractivity contribution in [2.75, 3.05) is 4.90 Å².